The summed E-state index contributed by atoms with van der Waals surface area (Å²) < 4.78 is 0. The van der Waals surface area contributed by atoms with Crippen LogP contribution in [0.1, 0.15) is 32.6 Å². The van der Waals surface area contributed by atoms with Gasteiger partial charge in [0.2, 0.25) is 5.91 Å². The van der Waals surface area contributed by atoms with Gasteiger partial charge in [0.05, 0.1) is 12.1 Å². The topological polar surface area (TPSA) is 43.8 Å². The van der Waals surface area contributed by atoms with Crippen molar-refractivity contribution in [2.24, 2.45) is 0 Å². The van der Waals surface area contributed by atoms with Crippen molar-refractivity contribution in [2.45, 2.75) is 44.2 Å². The highest BCUT2D eigenvalue weighted by molar-refractivity contribution is 5.78. The predicted octanol–water partition coefficient (Wildman–Crippen LogP) is 0.454. The Morgan fingerprint density at radius 3 is 2.81 bits per heavy atom. The van der Waals surface area contributed by atoms with E-state index in [1.54, 1.807) is 0 Å². The summed E-state index contributed by atoms with van der Waals surface area (Å²) in [6.45, 7) is 3.87. The normalized spacial score (nSPS) is 31.4. The van der Waals surface area contributed by atoms with E-state index in [2.05, 4.69) is 4.90 Å². The molecule has 1 saturated carbocycles. The van der Waals surface area contributed by atoms with Gasteiger partial charge in [0, 0.05) is 19.6 Å². The second-order valence-electron chi connectivity index (χ2n) is 5.55. The zero-order chi connectivity index (χ0) is 11.8. The molecule has 4 nitrogen and oxygen atoms in total. The molecule has 1 amide bonds. The fraction of sp³-hybridized carbons (Fsp3) is 0.917. The average Bonchev–Trinajstić information content (AvgIpc) is 2.98. The Labute approximate surface area is 97.2 Å². The summed E-state index contributed by atoms with van der Waals surface area (Å²) in [5.41, 5.74) is -0.614. The molecule has 1 unspecified atom stereocenters. The standard InChI is InChI=1S/C12H22N2O2/c1-12(16)6-3-7-14(9-12)8-11(15)13(2)10-4-5-10/h10,16H,3-9H2,1-2H3. The second kappa shape index (κ2) is 4.34. The monoisotopic (exact) mass is 226 g/mol. The molecule has 1 aliphatic heterocycles. The molecule has 1 N–H and O–H groups in total. The summed E-state index contributed by atoms with van der Waals surface area (Å²) in [7, 11) is 1.89. The summed E-state index contributed by atoms with van der Waals surface area (Å²) in [5, 5.41) is 9.95. The lowest BCUT2D eigenvalue weighted by molar-refractivity contribution is -0.133. The van der Waals surface area contributed by atoms with Crippen molar-refractivity contribution in [1.29, 1.82) is 0 Å². The molecule has 2 rings (SSSR count). The second-order valence-corrected chi connectivity index (χ2v) is 5.55. The highest BCUT2D eigenvalue weighted by Gasteiger charge is 2.33. The number of rotatable bonds is 3. The minimum atomic E-state index is -0.614. The highest BCUT2D eigenvalue weighted by Crippen LogP contribution is 2.26. The Morgan fingerprint density at radius 2 is 2.25 bits per heavy atom. The third-order valence-corrected chi connectivity index (χ3v) is 3.60. The first-order chi connectivity index (χ1) is 7.48. The Morgan fingerprint density at radius 1 is 1.56 bits per heavy atom. The van der Waals surface area contributed by atoms with Crippen molar-refractivity contribution in [2.75, 3.05) is 26.7 Å². The first-order valence-electron chi connectivity index (χ1n) is 6.18. The molecule has 2 fully saturated rings. The number of hydrogen-bond acceptors (Lipinski definition) is 3. The van der Waals surface area contributed by atoms with E-state index in [0.29, 0.717) is 19.1 Å². The molecule has 0 bridgehead atoms. The molecule has 0 spiro atoms. The molecule has 2 aliphatic rings. The average molecular weight is 226 g/mol. The first kappa shape index (κ1) is 11.9. The van der Waals surface area contributed by atoms with Crippen LogP contribution in [-0.4, -0.2) is 59.1 Å². The minimum Gasteiger partial charge on any atom is -0.389 e. The van der Waals surface area contributed by atoms with Crippen LogP contribution < -0.4 is 0 Å². The van der Waals surface area contributed by atoms with Crippen LogP contribution in [0.5, 0.6) is 0 Å². The van der Waals surface area contributed by atoms with E-state index in [9.17, 15) is 9.90 Å². The summed E-state index contributed by atoms with van der Waals surface area (Å²) >= 11 is 0. The lowest BCUT2D eigenvalue weighted by Gasteiger charge is -2.37. The van der Waals surface area contributed by atoms with Gasteiger partial charge in [-0.2, -0.15) is 0 Å². The molecular weight excluding hydrogens is 204 g/mol. The van der Waals surface area contributed by atoms with Gasteiger partial charge in [0.1, 0.15) is 0 Å². The largest absolute Gasteiger partial charge is 0.389 e. The quantitative estimate of drug-likeness (QED) is 0.760. The number of nitrogens with zero attached hydrogens (tertiary/aromatic N) is 2. The van der Waals surface area contributed by atoms with Crippen molar-refractivity contribution >= 4 is 5.91 Å². The lowest BCUT2D eigenvalue weighted by Crippen LogP contribution is -2.49. The van der Waals surface area contributed by atoms with Crippen LogP contribution in [0.25, 0.3) is 0 Å². The molecule has 16 heavy (non-hydrogen) atoms. The molecule has 0 aromatic carbocycles. The van der Waals surface area contributed by atoms with Crippen LogP contribution in [0.4, 0.5) is 0 Å². The van der Waals surface area contributed by atoms with Crippen LogP contribution >= 0.6 is 0 Å². The third-order valence-electron chi connectivity index (χ3n) is 3.60. The van der Waals surface area contributed by atoms with Gasteiger partial charge >= 0.3 is 0 Å². The summed E-state index contributed by atoms with van der Waals surface area (Å²) in [4.78, 5) is 15.8. The van der Waals surface area contributed by atoms with E-state index in [1.165, 1.54) is 0 Å². The number of carbonyl (C=O) groups excluding carboxylic acids is 1. The maximum Gasteiger partial charge on any atom is 0.236 e. The van der Waals surface area contributed by atoms with Gasteiger partial charge in [0.15, 0.2) is 0 Å². The van der Waals surface area contributed by atoms with Crippen molar-refractivity contribution in [3.63, 3.8) is 0 Å². The predicted molar refractivity (Wildman–Crippen MR) is 62.1 cm³/mol. The Kier molecular flexibility index (Phi) is 3.22. The highest BCUT2D eigenvalue weighted by atomic mass is 16.3. The van der Waals surface area contributed by atoms with Crippen LogP contribution in [0, 0.1) is 0 Å². The van der Waals surface area contributed by atoms with Gasteiger partial charge in [-0.25, -0.2) is 0 Å². The fourth-order valence-electron chi connectivity index (χ4n) is 2.43. The molecule has 0 aromatic heterocycles. The van der Waals surface area contributed by atoms with E-state index in [1.807, 2.05) is 18.9 Å². The number of amides is 1. The molecule has 4 heteroatoms. The Bertz CT molecular complexity index is 274. The number of carbonyl (C=O) groups is 1. The van der Waals surface area contributed by atoms with E-state index >= 15 is 0 Å². The van der Waals surface area contributed by atoms with E-state index in [4.69, 9.17) is 0 Å². The van der Waals surface area contributed by atoms with Crippen LogP contribution in [0.15, 0.2) is 0 Å². The van der Waals surface area contributed by atoms with Gasteiger partial charge in [-0.3, -0.25) is 9.69 Å². The van der Waals surface area contributed by atoms with E-state index < -0.39 is 5.60 Å². The first-order valence-corrected chi connectivity index (χ1v) is 6.18. The smallest absolute Gasteiger partial charge is 0.236 e. The number of β-amino-alcohol motifs (C(OH)–C–C–N with tert-alkyl or cyclic N) is 1. The summed E-state index contributed by atoms with van der Waals surface area (Å²) in [6, 6.07) is 0.484. The van der Waals surface area contributed by atoms with Crippen molar-refractivity contribution in [3.8, 4) is 0 Å². The Balaban J connectivity index is 1.82. The third kappa shape index (κ3) is 2.95. The van der Waals surface area contributed by atoms with Gasteiger partial charge in [-0.15, -0.1) is 0 Å². The molecule has 92 valence electrons. The minimum absolute atomic E-state index is 0.195. The summed E-state index contributed by atoms with van der Waals surface area (Å²) in [6.07, 6.45) is 4.13. The van der Waals surface area contributed by atoms with Crippen molar-refractivity contribution < 1.29 is 9.90 Å². The van der Waals surface area contributed by atoms with Crippen LogP contribution in [0.3, 0.4) is 0 Å². The zero-order valence-electron chi connectivity index (χ0n) is 10.3. The Hall–Kier alpha value is -0.610. The fourth-order valence-corrected chi connectivity index (χ4v) is 2.43. The van der Waals surface area contributed by atoms with Crippen LogP contribution in [0.2, 0.25) is 0 Å². The maximum atomic E-state index is 11.9. The van der Waals surface area contributed by atoms with Gasteiger partial charge in [-0.1, -0.05) is 0 Å². The lowest BCUT2D eigenvalue weighted by atomic mass is 9.95. The zero-order valence-corrected chi connectivity index (χ0v) is 10.3. The van der Waals surface area contributed by atoms with Gasteiger partial charge in [-0.05, 0) is 39.2 Å². The number of hydrogen-bond donors (Lipinski definition) is 1. The van der Waals surface area contributed by atoms with Crippen LogP contribution in [-0.2, 0) is 4.79 Å². The van der Waals surface area contributed by atoms with E-state index in [-0.39, 0.29) is 5.91 Å². The molecule has 1 atom stereocenters. The SMILES string of the molecule is CN(C(=O)CN1CCCC(C)(O)C1)C1CC1. The van der Waals surface area contributed by atoms with Crippen molar-refractivity contribution in [3.05, 3.63) is 0 Å². The number of aliphatic hydroxyl groups is 1. The molecule has 0 aromatic rings. The molecule has 1 saturated heterocycles. The molecule has 0 radical (unpaired) electrons. The number of piperidine rings is 1. The molecule has 1 heterocycles. The number of likely N-dealkylation sites (N-methyl/N-ethyl adjacent to an activating group) is 1. The van der Waals surface area contributed by atoms with Gasteiger partial charge < -0.3 is 10.0 Å². The summed E-state index contributed by atoms with van der Waals surface area (Å²) in [5.74, 6) is 0.195. The molecule has 1 aliphatic carbocycles. The van der Waals surface area contributed by atoms with E-state index in [0.717, 1.165) is 32.2 Å². The number of likely N-dealkylation sites (tertiary alicyclic amines) is 1. The maximum absolute atomic E-state index is 11.9. The molecular formula is C12H22N2O2. The van der Waals surface area contributed by atoms with Gasteiger partial charge in [0.25, 0.3) is 0 Å². The van der Waals surface area contributed by atoms with Crippen molar-refractivity contribution in [1.82, 2.24) is 9.80 Å².